The van der Waals surface area contributed by atoms with Gasteiger partial charge in [-0.3, -0.25) is 0 Å². The SMILES string of the molecule is COc1ccc2[nH]cc([C@H](N)CC(F)F)c2c1. The lowest BCUT2D eigenvalue weighted by Gasteiger charge is -2.10. The van der Waals surface area contributed by atoms with Crippen LogP contribution in [0.1, 0.15) is 18.0 Å². The van der Waals surface area contributed by atoms with Crippen molar-refractivity contribution in [2.45, 2.75) is 18.9 Å². The number of aromatic amines is 1. The zero-order valence-electron chi connectivity index (χ0n) is 9.41. The van der Waals surface area contributed by atoms with Crippen LogP contribution in [-0.2, 0) is 0 Å². The topological polar surface area (TPSA) is 51.0 Å². The van der Waals surface area contributed by atoms with Gasteiger partial charge in [0.25, 0.3) is 0 Å². The molecule has 17 heavy (non-hydrogen) atoms. The molecule has 2 aromatic rings. The first-order valence-electron chi connectivity index (χ1n) is 5.30. The number of halogens is 2. The van der Waals surface area contributed by atoms with E-state index in [9.17, 15) is 8.78 Å². The molecule has 0 bridgehead atoms. The molecule has 0 spiro atoms. The lowest BCUT2D eigenvalue weighted by Crippen LogP contribution is -2.13. The maximum absolute atomic E-state index is 12.3. The summed E-state index contributed by atoms with van der Waals surface area (Å²) in [5.74, 6) is 0.683. The van der Waals surface area contributed by atoms with Crippen LogP contribution in [0, 0.1) is 0 Å². The number of nitrogens with one attached hydrogen (secondary N) is 1. The molecule has 1 atom stereocenters. The van der Waals surface area contributed by atoms with E-state index in [0.717, 1.165) is 10.9 Å². The number of hydrogen-bond donors (Lipinski definition) is 2. The summed E-state index contributed by atoms with van der Waals surface area (Å²) in [7, 11) is 1.56. The average molecular weight is 240 g/mol. The molecule has 3 N–H and O–H groups in total. The molecular formula is C12H14F2N2O. The molecule has 5 heteroatoms. The molecule has 0 aliphatic carbocycles. The highest BCUT2D eigenvalue weighted by Crippen LogP contribution is 2.29. The summed E-state index contributed by atoms with van der Waals surface area (Å²) in [6.07, 6.45) is -1.07. The first-order chi connectivity index (χ1) is 8.11. The number of hydrogen-bond acceptors (Lipinski definition) is 2. The summed E-state index contributed by atoms with van der Waals surface area (Å²) in [5.41, 5.74) is 7.32. The maximum Gasteiger partial charge on any atom is 0.240 e. The van der Waals surface area contributed by atoms with Crippen LogP contribution in [0.3, 0.4) is 0 Å². The molecule has 1 heterocycles. The highest BCUT2D eigenvalue weighted by molar-refractivity contribution is 5.85. The van der Waals surface area contributed by atoms with Crippen LogP contribution >= 0.6 is 0 Å². The zero-order valence-corrected chi connectivity index (χ0v) is 9.41. The molecule has 2 rings (SSSR count). The number of fused-ring (bicyclic) bond motifs is 1. The number of H-pyrrole nitrogens is 1. The van der Waals surface area contributed by atoms with Gasteiger partial charge in [0.1, 0.15) is 5.75 Å². The number of rotatable bonds is 4. The van der Waals surface area contributed by atoms with Crippen molar-refractivity contribution in [3.63, 3.8) is 0 Å². The minimum atomic E-state index is -2.40. The molecule has 3 nitrogen and oxygen atoms in total. The Morgan fingerprint density at radius 1 is 1.41 bits per heavy atom. The van der Waals surface area contributed by atoms with Gasteiger partial charge in [0.05, 0.1) is 7.11 Å². The molecule has 1 aromatic heterocycles. The fourth-order valence-corrected chi connectivity index (χ4v) is 1.87. The third kappa shape index (κ3) is 2.39. The van der Waals surface area contributed by atoms with E-state index < -0.39 is 12.5 Å². The molecular weight excluding hydrogens is 226 g/mol. The number of nitrogens with two attached hydrogens (primary N) is 1. The Bertz CT molecular complexity index is 510. The van der Waals surface area contributed by atoms with E-state index >= 15 is 0 Å². The van der Waals surface area contributed by atoms with Crippen LogP contribution in [0.4, 0.5) is 8.78 Å². The highest BCUT2D eigenvalue weighted by atomic mass is 19.3. The monoisotopic (exact) mass is 240 g/mol. The van der Waals surface area contributed by atoms with Crippen LogP contribution < -0.4 is 10.5 Å². The molecule has 0 saturated heterocycles. The lowest BCUT2D eigenvalue weighted by molar-refractivity contribution is 0.128. The number of methoxy groups -OCH3 is 1. The van der Waals surface area contributed by atoms with Crippen LogP contribution in [0.2, 0.25) is 0 Å². The summed E-state index contributed by atoms with van der Waals surface area (Å²) in [6, 6.07) is 4.77. The molecule has 0 unspecified atom stereocenters. The molecule has 0 aliphatic heterocycles. The third-order valence-corrected chi connectivity index (χ3v) is 2.75. The normalized spacial score (nSPS) is 13.2. The molecule has 1 aromatic carbocycles. The molecule has 92 valence electrons. The Balaban J connectivity index is 2.39. The molecule has 0 fully saturated rings. The van der Waals surface area contributed by atoms with Crippen molar-refractivity contribution in [1.29, 1.82) is 0 Å². The summed E-state index contributed by atoms with van der Waals surface area (Å²) in [6.45, 7) is 0. The zero-order chi connectivity index (χ0) is 12.4. The van der Waals surface area contributed by atoms with E-state index in [1.165, 1.54) is 0 Å². The van der Waals surface area contributed by atoms with Crippen molar-refractivity contribution in [1.82, 2.24) is 4.98 Å². The summed E-state index contributed by atoms with van der Waals surface area (Å²) in [4.78, 5) is 3.01. The van der Waals surface area contributed by atoms with Crippen LogP contribution in [0.15, 0.2) is 24.4 Å². The number of alkyl halides is 2. The Morgan fingerprint density at radius 3 is 2.82 bits per heavy atom. The van der Waals surface area contributed by atoms with Crippen molar-refractivity contribution < 1.29 is 13.5 Å². The van der Waals surface area contributed by atoms with Gasteiger partial charge in [-0.2, -0.15) is 0 Å². The fourth-order valence-electron chi connectivity index (χ4n) is 1.87. The van der Waals surface area contributed by atoms with E-state index in [-0.39, 0.29) is 6.42 Å². The second kappa shape index (κ2) is 4.71. The van der Waals surface area contributed by atoms with Gasteiger partial charge in [-0.15, -0.1) is 0 Å². The Kier molecular flexibility index (Phi) is 3.28. The van der Waals surface area contributed by atoms with E-state index in [1.807, 2.05) is 6.07 Å². The number of aromatic nitrogens is 1. The van der Waals surface area contributed by atoms with Crippen molar-refractivity contribution in [3.05, 3.63) is 30.0 Å². The first kappa shape index (κ1) is 11.9. The molecule has 0 saturated carbocycles. The van der Waals surface area contributed by atoms with Crippen LogP contribution in [0.25, 0.3) is 10.9 Å². The van der Waals surface area contributed by atoms with Gasteiger partial charge in [0, 0.05) is 29.6 Å². The van der Waals surface area contributed by atoms with Crippen LogP contribution in [0.5, 0.6) is 5.75 Å². The summed E-state index contributed by atoms with van der Waals surface area (Å²) < 4.78 is 29.7. The average Bonchev–Trinajstić information content (AvgIpc) is 2.70. The number of ether oxygens (including phenoxy) is 1. The standard InChI is InChI=1S/C12H14F2N2O/c1-17-7-2-3-11-8(4-7)9(6-16-11)10(15)5-12(13)14/h2-4,6,10,12,16H,5,15H2,1H3/t10-/m1/s1. The lowest BCUT2D eigenvalue weighted by atomic mass is 10.0. The second-order valence-corrected chi connectivity index (χ2v) is 3.89. The first-order valence-corrected chi connectivity index (χ1v) is 5.30. The van der Waals surface area contributed by atoms with Gasteiger partial charge in [-0.25, -0.2) is 8.78 Å². The Labute approximate surface area is 97.6 Å². The van der Waals surface area contributed by atoms with Gasteiger partial charge in [-0.1, -0.05) is 0 Å². The Morgan fingerprint density at radius 2 is 2.18 bits per heavy atom. The second-order valence-electron chi connectivity index (χ2n) is 3.89. The van der Waals surface area contributed by atoms with Crippen molar-refractivity contribution >= 4 is 10.9 Å². The fraction of sp³-hybridized carbons (Fsp3) is 0.333. The molecule has 0 radical (unpaired) electrons. The highest BCUT2D eigenvalue weighted by Gasteiger charge is 2.16. The summed E-state index contributed by atoms with van der Waals surface area (Å²) >= 11 is 0. The smallest absolute Gasteiger partial charge is 0.240 e. The van der Waals surface area contributed by atoms with Gasteiger partial charge < -0.3 is 15.5 Å². The van der Waals surface area contributed by atoms with Gasteiger partial charge in [0.2, 0.25) is 6.43 Å². The molecule has 0 amide bonds. The van der Waals surface area contributed by atoms with E-state index in [2.05, 4.69) is 4.98 Å². The summed E-state index contributed by atoms with van der Waals surface area (Å²) in [5, 5.41) is 0.831. The van der Waals surface area contributed by atoms with Crippen molar-refractivity contribution in [2.24, 2.45) is 5.73 Å². The van der Waals surface area contributed by atoms with E-state index in [0.29, 0.717) is 11.3 Å². The minimum Gasteiger partial charge on any atom is -0.497 e. The quantitative estimate of drug-likeness (QED) is 0.863. The van der Waals surface area contributed by atoms with Gasteiger partial charge in [0.15, 0.2) is 0 Å². The number of benzene rings is 1. The predicted octanol–water partition coefficient (Wildman–Crippen LogP) is 2.83. The predicted molar refractivity (Wildman–Crippen MR) is 62.4 cm³/mol. The van der Waals surface area contributed by atoms with E-state index in [4.69, 9.17) is 10.5 Å². The van der Waals surface area contributed by atoms with E-state index in [1.54, 1.807) is 25.4 Å². The molecule has 0 aliphatic rings. The van der Waals surface area contributed by atoms with Crippen molar-refractivity contribution in [3.8, 4) is 5.75 Å². The minimum absolute atomic E-state index is 0.343. The third-order valence-electron chi connectivity index (χ3n) is 2.75. The maximum atomic E-state index is 12.3. The van der Waals surface area contributed by atoms with Gasteiger partial charge >= 0.3 is 0 Å². The van der Waals surface area contributed by atoms with Crippen LogP contribution in [-0.4, -0.2) is 18.5 Å². The van der Waals surface area contributed by atoms with Crippen molar-refractivity contribution in [2.75, 3.05) is 7.11 Å². The largest absolute Gasteiger partial charge is 0.497 e. The van der Waals surface area contributed by atoms with Gasteiger partial charge in [-0.05, 0) is 23.8 Å². The Hall–Kier alpha value is -1.62.